The van der Waals surface area contributed by atoms with E-state index in [4.69, 9.17) is 16.3 Å². The molecule has 0 heterocycles. The van der Waals surface area contributed by atoms with Crippen LogP contribution in [-0.2, 0) is 11.4 Å². The van der Waals surface area contributed by atoms with E-state index in [1.165, 1.54) is 0 Å². The van der Waals surface area contributed by atoms with Gasteiger partial charge < -0.3 is 10.1 Å². The molecule has 4 aromatic carbocycles. The van der Waals surface area contributed by atoms with Crippen molar-refractivity contribution in [2.45, 2.75) is 6.61 Å². The van der Waals surface area contributed by atoms with Gasteiger partial charge in [-0.15, -0.1) is 0 Å². The fraction of sp³-hybridized carbons (Fsp3) is 0.0370. The number of carbonyl (C=O) groups is 1. The van der Waals surface area contributed by atoms with E-state index in [1.54, 1.807) is 30.3 Å². The third kappa shape index (κ3) is 5.43. The number of hydrogen-bond donors (Lipinski definition) is 1. The van der Waals surface area contributed by atoms with Crippen LogP contribution in [0.4, 0.5) is 5.69 Å². The predicted molar refractivity (Wildman–Crippen MR) is 136 cm³/mol. The Kier molecular flexibility index (Phi) is 7.09. The van der Waals surface area contributed by atoms with Crippen molar-refractivity contribution in [3.8, 4) is 11.8 Å². The summed E-state index contributed by atoms with van der Waals surface area (Å²) in [4.78, 5) is 12.8. The number of halogens is 2. The first-order chi connectivity index (χ1) is 16.0. The first kappa shape index (κ1) is 22.6. The lowest BCUT2D eigenvalue weighted by molar-refractivity contribution is -0.112. The number of nitrogens with zero attached hydrogens (tertiary/aromatic N) is 1. The highest BCUT2D eigenvalue weighted by molar-refractivity contribution is 9.10. The summed E-state index contributed by atoms with van der Waals surface area (Å²) in [6.45, 7) is 0.331. The van der Waals surface area contributed by atoms with Crippen molar-refractivity contribution in [2.24, 2.45) is 0 Å². The van der Waals surface area contributed by atoms with E-state index >= 15 is 0 Å². The Hall–Kier alpha value is -3.59. The minimum atomic E-state index is -0.524. The van der Waals surface area contributed by atoms with Crippen LogP contribution in [0.25, 0.3) is 16.8 Å². The van der Waals surface area contributed by atoms with Crippen molar-refractivity contribution in [3.63, 3.8) is 0 Å². The maximum Gasteiger partial charge on any atom is 0.266 e. The molecule has 0 atom stereocenters. The number of rotatable bonds is 6. The van der Waals surface area contributed by atoms with Crippen molar-refractivity contribution in [1.29, 1.82) is 5.26 Å². The van der Waals surface area contributed by atoms with Crippen LogP contribution in [0, 0.1) is 11.3 Å². The van der Waals surface area contributed by atoms with Crippen LogP contribution in [0.5, 0.6) is 5.75 Å². The summed E-state index contributed by atoms with van der Waals surface area (Å²) in [5.74, 6) is 0.0530. The van der Waals surface area contributed by atoms with Crippen LogP contribution in [0.3, 0.4) is 0 Å². The highest BCUT2D eigenvalue weighted by Crippen LogP contribution is 2.31. The van der Waals surface area contributed by atoms with Crippen LogP contribution in [0.15, 0.2) is 95.0 Å². The van der Waals surface area contributed by atoms with Gasteiger partial charge in [0.05, 0.1) is 0 Å². The molecule has 0 radical (unpaired) electrons. The molecule has 0 aromatic heterocycles. The fourth-order valence-electron chi connectivity index (χ4n) is 3.38. The molecular weight excluding hydrogens is 500 g/mol. The molecule has 0 saturated heterocycles. The highest BCUT2D eigenvalue weighted by Gasteiger charge is 2.14. The molecule has 6 heteroatoms. The van der Waals surface area contributed by atoms with E-state index < -0.39 is 5.91 Å². The van der Waals surface area contributed by atoms with Gasteiger partial charge in [-0.1, -0.05) is 82.1 Å². The van der Waals surface area contributed by atoms with Crippen molar-refractivity contribution in [1.82, 2.24) is 0 Å². The minimum absolute atomic E-state index is 0.0444. The molecule has 0 aliphatic heterocycles. The summed E-state index contributed by atoms with van der Waals surface area (Å²) in [6, 6.07) is 28.2. The molecule has 1 N–H and O–H groups in total. The average Bonchev–Trinajstić information content (AvgIpc) is 2.82. The Labute approximate surface area is 205 Å². The topological polar surface area (TPSA) is 62.1 Å². The second-order valence-corrected chi connectivity index (χ2v) is 8.50. The molecule has 1 amide bonds. The number of amides is 1. The van der Waals surface area contributed by atoms with Gasteiger partial charge in [-0.3, -0.25) is 4.79 Å². The predicted octanol–water partition coefficient (Wildman–Crippen LogP) is 7.38. The molecular formula is C27H18BrClN2O2. The van der Waals surface area contributed by atoms with Crippen LogP contribution < -0.4 is 10.1 Å². The van der Waals surface area contributed by atoms with Gasteiger partial charge in [0.15, 0.2) is 0 Å². The van der Waals surface area contributed by atoms with Gasteiger partial charge in [-0.25, -0.2) is 0 Å². The number of ether oxygens (including phenoxy) is 1. The van der Waals surface area contributed by atoms with Crippen LogP contribution >= 0.6 is 27.5 Å². The number of anilines is 1. The number of carbonyl (C=O) groups excluding carboxylic acids is 1. The zero-order valence-electron chi connectivity index (χ0n) is 17.4. The van der Waals surface area contributed by atoms with Crippen molar-refractivity contribution < 1.29 is 9.53 Å². The lowest BCUT2D eigenvalue weighted by Crippen LogP contribution is -2.13. The zero-order valence-corrected chi connectivity index (χ0v) is 19.7. The maximum absolute atomic E-state index is 12.8. The fourth-order valence-corrected chi connectivity index (χ4v) is 3.97. The Morgan fingerprint density at radius 1 is 1.03 bits per heavy atom. The number of fused-ring (bicyclic) bond motifs is 1. The molecule has 0 bridgehead atoms. The van der Waals surface area contributed by atoms with Gasteiger partial charge in [0, 0.05) is 26.3 Å². The summed E-state index contributed by atoms with van der Waals surface area (Å²) >= 11 is 9.54. The molecule has 0 fully saturated rings. The molecule has 0 spiro atoms. The minimum Gasteiger partial charge on any atom is -0.488 e. The van der Waals surface area contributed by atoms with Crippen LogP contribution in [0.2, 0.25) is 5.02 Å². The van der Waals surface area contributed by atoms with E-state index in [9.17, 15) is 10.1 Å². The quantitative estimate of drug-likeness (QED) is 0.214. The Morgan fingerprint density at radius 2 is 1.82 bits per heavy atom. The smallest absolute Gasteiger partial charge is 0.266 e. The van der Waals surface area contributed by atoms with Gasteiger partial charge >= 0.3 is 0 Å². The van der Waals surface area contributed by atoms with E-state index in [0.717, 1.165) is 20.8 Å². The van der Waals surface area contributed by atoms with Crippen LogP contribution in [0.1, 0.15) is 11.1 Å². The molecule has 0 aliphatic carbocycles. The van der Waals surface area contributed by atoms with E-state index in [-0.39, 0.29) is 5.57 Å². The Morgan fingerprint density at radius 3 is 2.61 bits per heavy atom. The van der Waals surface area contributed by atoms with Crippen molar-refractivity contribution in [3.05, 3.63) is 111 Å². The summed E-state index contributed by atoms with van der Waals surface area (Å²) in [5.41, 5.74) is 2.12. The van der Waals surface area contributed by atoms with Gasteiger partial charge in [-0.05, 0) is 47.2 Å². The third-order valence-electron chi connectivity index (χ3n) is 5.01. The molecule has 4 nitrogen and oxygen atoms in total. The molecule has 0 unspecified atom stereocenters. The van der Waals surface area contributed by atoms with Crippen molar-refractivity contribution in [2.75, 3.05) is 5.32 Å². The number of nitriles is 1. The molecule has 4 rings (SSSR count). The van der Waals surface area contributed by atoms with Crippen LogP contribution in [-0.4, -0.2) is 5.91 Å². The second kappa shape index (κ2) is 10.4. The van der Waals surface area contributed by atoms with Gasteiger partial charge in [0.2, 0.25) is 0 Å². The molecule has 4 aromatic rings. The first-order valence-electron chi connectivity index (χ1n) is 10.1. The lowest BCUT2D eigenvalue weighted by Gasteiger charge is -2.13. The lowest BCUT2D eigenvalue weighted by atomic mass is 10.0. The summed E-state index contributed by atoms with van der Waals surface area (Å²) in [5, 5.41) is 14.8. The highest BCUT2D eigenvalue weighted by atomic mass is 79.9. The monoisotopic (exact) mass is 516 g/mol. The summed E-state index contributed by atoms with van der Waals surface area (Å²) in [6.07, 6.45) is 1.57. The van der Waals surface area contributed by atoms with Crippen molar-refractivity contribution >= 4 is 56.0 Å². The SMILES string of the molecule is N#C/C(=C\c1c(OCc2ccccc2Br)ccc2ccccc12)C(=O)Nc1cccc(Cl)c1. The largest absolute Gasteiger partial charge is 0.488 e. The maximum atomic E-state index is 12.8. The zero-order chi connectivity index (χ0) is 23.2. The summed E-state index contributed by atoms with van der Waals surface area (Å²) < 4.78 is 7.08. The number of hydrogen-bond acceptors (Lipinski definition) is 3. The number of nitrogens with one attached hydrogen (secondary N) is 1. The normalized spacial score (nSPS) is 11.1. The molecule has 162 valence electrons. The van der Waals surface area contributed by atoms with E-state index in [1.807, 2.05) is 66.7 Å². The number of benzene rings is 4. The summed E-state index contributed by atoms with van der Waals surface area (Å²) in [7, 11) is 0. The molecule has 0 aliphatic rings. The molecule has 33 heavy (non-hydrogen) atoms. The third-order valence-corrected chi connectivity index (χ3v) is 6.02. The Balaban J connectivity index is 1.71. The van der Waals surface area contributed by atoms with E-state index in [0.29, 0.717) is 28.6 Å². The average molecular weight is 518 g/mol. The van der Waals surface area contributed by atoms with Gasteiger partial charge in [0.25, 0.3) is 5.91 Å². The standard InChI is InChI=1S/C27H18BrClN2O2/c28-25-11-4-2-7-19(25)17-33-26-13-12-18-6-1-3-10-23(18)24(26)14-20(16-30)27(32)31-22-9-5-8-21(29)15-22/h1-15H,17H2,(H,31,32)/b20-14+. The van der Waals surface area contributed by atoms with Gasteiger partial charge in [0.1, 0.15) is 24.0 Å². The van der Waals surface area contributed by atoms with E-state index in [2.05, 4.69) is 21.2 Å². The first-order valence-corrected chi connectivity index (χ1v) is 11.3. The second-order valence-electron chi connectivity index (χ2n) is 7.21. The van der Waals surface area contributed by atoms with Gasteiger partial charge in [-0.2, -0.15) is 5.26 Å². The molecule has 0 saturated carbocycles. The Bertz CT molecular complexity index is 1410.